The Kier molecular flexibility index (Phi) is 2.76. The summed E-state index contributed by atoms with van der Waals surface area (Å²) in [6.07, 6.45) is 11.1. The van der Waals surface area contributed by atoms with Crippen LogP contribution >= 0.6 is 11.8 Å². The maximum atomic E-state index is 10.5. The first-order chi connectivity index (χ1) is 10.0. The summed E-state index contributed by atoms with van der Waals surface area (Å²) in [5, 5.41) is 12.6. The van der Waals surface area contributed by atoms with Crippen LogP contribution in [0.3, 0.4) is 0 Å². The number of hydrogen-bond donors (Lipinski definition) is 1. The lowest BCUT2D eigenvalue weighted by molar-refractivity contribution is -0.116. The van der Waals surface area contributed by atoms with Crippen molar-refractivity contribution in [1.82, 2.24) is 0 Å². The monoisotopic (exact) mass is 306 g/mol. The second kappa shape index (κ2) is 4.23. The molecule has 4 aliphatic carbocycles. The van der Waals surface area contributed by atoms with Crippen LogP contribution in [0.2, 0.25) is 0 Å². The van der Waals surface area contributed by atoms with Crippen molar-refractivity contribution in [2.75, 3.05) is 0 Å². The molecule has 5 rings (SSSR count). The Bertz CT molecular complexity index is 464. The summed E-state index contributed by atoms with van der Waals surface area (Å²) in [4.78, 5) is 0. The van der Waals surface area contributed by atoms with Gasteiger partial charge in [0.25, 0.3) is 0 Å². The minimum atomic E-state index is -0.0105. The molecule has 0 bridgehead atoms. The molecule has 1 N–H and O–H groups in total. The van der Waals surface area contributed by atoms with Gasteiger partial charge in [0.1, 0.15) is 0 Å². The number of thioether (sulfide) groups is 1. The summed E-state index contributed by atoms with van der Waals surface area (Å²) in [6, 6.07) is 0. The fourth-order valence-electron chi connectivity index (χ4n) is 7.49. The predicted octanol–water partition coefficient (Wildman–Crippen LogP) is 4.48. The van der Waals surface area contributed by atoms with E-state index in [1.54, 1.807) is 0 Å². The van der Waals surface area contributed by atoms with E-state index in [1.807, 2.05) is 0 Å². The van der Waals surface area contributed by atoms with Gasteiger partial charge < -0.3 is 5.11 Å². The SMILES string of the molecule is C[C@]12CC3SC3C[C@@H]1CC[C@@H]1[C@@H]2CC[C@]2(C)[C@@H](O)CC[C@@H]12. The second-order valence-electron chi connectivity index (χ2n) is 9.45. The summed E-state index contributed by atoms with van der Waals surface area (Å²) in [6.45, 7) is 5.07. The van der Waals surface area contributed by atoms with Gasteiger partial charge in [0, 0.05) is 10.5 Å². The Labute approximate surface area is 133 Å². The normalized spacial score (nSPS) is 65.0. The summed E-state index contributed by atoms with van der Waals surface area (Å²) < 4.78 is 0. The molecular formula is C19H30OS. The minimum Gasteiger partial charge on any atom is -0.393 e. The van der Waals surface area contributed by atoms with Crippen molar-refractivity contribution in [2.24, 2.45) is 34.5 Å². The van der Waals surface area contributed by atoms with Gasteiger partial charge in [-0.25, -0.2) is 0 Å². The van der Waals surface area contributed by atoms with E-state index in [4.69, 9.17) is 0 Å². The molecule has 0 aromatic heterocycles. The topological polar surface area (TPSA) is 20.2 Å². The highest BCUT2D eigenvalue weighted by atomic mass is 32.2. The number of aliphatic hydroxyl groups excluding tert-OH is 1. The zero-order valence-electron chi connectivity index (χ0n) is 13.6. The highest BCUT2D eigenvalue weighted by Gasteiger charge is 2.63. The van der Waals surface area contributed by atoms with E-state index >= 15 is 0 Å². The van der Waals surface area contributed by atoms with Gasteiger partial charge in [-0.05, 0) is 85.9 Å². The Morgan fingerprint density at radius 1 is 0.905 bits per heavy atom. The van der Waals surface area contributed by atoms with Gasteiger partial charge in [-0.1, -0.05) is 13.8 Å². The first-order valence-corrected chi connectivity index (χ1v) is 10.3. The fraction of sp³-hybridized carbons (Fsp3) is 1.00. The Balaban J connectivity index is 1.47. The maximum Gasteiger partial charge on any atom is 0.0596 e. The van der Waals surface area contributed by atoms with Crippen molar-refractivity contribution in [1.29, 1.82) is 0 Å². The van der Waals surface area contributed by atoms with Gasteiger partial charge in [0.05, 0.1) is 6.10 Å². The maximum absolute atomic E-state index is 10.5. The largest absolute Gasteiger partial charge is 0.393 e. The van der Waals surface area contributed by atoms with E-state index < -0.39 is 0 Å². The number of fused-ring (bicyclic) bond motifs is 6. The zero-order valence-corrected chi connectivity index (χ0v) is 14.4. The van der Waals surface area contributed by atoms with Crippen LogP contribution in [-0.4, -0.2) is 21.7 Å². The molecule has 5 fully saturated rings. The van der Waals surface area contributed by atoms with E-state index in [1.165, 1.54) is 44.9 Å². The van der Waals surface area contributed by atoms with Crippen molar-refractivity contribution in [3.05, 3.63) is 0 Å². The number of rotatable bonds is 0. The fourth-order valence-corrected chi connectivity index (χ4v) is 8.86. The molecular weight excluding hydrogens is 276 g/mol. The van der Waals surface area contributed by atoms with Crippen LogP contribution in [0.4, 0.5) is 0 Å². The van der Waals surface area contributed by atoms with Crippen molar-refractivity contribution in [2.45, 2.75) is 81.8 Å². The van der Waals surface area contributed by atoms with Crippen LogP contribution in [-0.2, 0) is 0 Å². The molecule has 0 radical (unpaired) electrons. The van der Waals surface area contributed by atoms with Crippen molar-refractivity contribution in [3.63, 3.8) is 0 Å². The summed E-state index contributed by atoms with van der Waals surface area (Å²) >= 11 is 2.28. The molecule has 2 heteroatoms. The summed E-state index contributed by atoms with van der Waals surface area (Å²) in [5.74, 6) is 3.75. The molecule has 1 aliphatic heterocycles. The lowest BCUT2D eigenvalue weighted by Gasteiger charge is -2.60. The molecule has 0 spiro atoms. The molecule has 1 nitrogen and oxygen atoms in total. The van der Waals surface area contributed by atoms with Crippen LogP contribution in [0.25, 0.3) is 0 Å². The molecule has 118 valence electrons. The standard InChI is InChI=1S/C19H30OS/c1-18-8-7-14-12(13(18)5-6-17(18)20)4-3-11-9-15-16(21-15)10-19(11,14)2/h11-17,20H,3-10H2,1-2H3/t11-,12-,13-,14-,15?,16?,17-,18-,19-/m0/s1. The first-order valence-electron chi connectivity index (χ1n) is 9.36. The Morgan fingerprint density at radius 2 is 1.71 bits per heavy atom. The number of aliphatic hydroxyl groups is 1. The quantitative estimate of drug-likeness (QED) is 0.666. The van der Waals surface area contributed by atoms with E-state index in [2.05, 4.69) is 25.6 Å². The minimum absolute atomic E-state index is 0.0105. The van der Waals surface area contributed by atoms with Crippen molar-refractivity contribution >= 4 is 11.8 Å². The number of hydrogen-bond acceptors (Lipinski definition) is 2. The van der Waals surface area contributed by atoms with E-state index in [9.17, 15) is 5.11 Å². The van der Waals surface area contributed by atoms with Crippen LogP contribution in [0.15, 0.2) is 0 Å². The molecule has 9 atom stereocenters. The third-order valence-corrected chi connectivity index (χ3v) is 10.3. The van der Waals surface area contributed by atoms with Crippen LogP contribution in [0.1, 0.15) is 65.2 Å². The third-order valence-electron chi connectivity index (χ3n) is 8.86. The van der Waals surface area contributed by atoms with Crippen LogP contribution < -0.4 is 0 Å². The molecule has 4 saturated carbocycles. The average molecular weight is 307 g/mol. The highest BCUT2D eigenvalue weighted by Crippen LogP contribution is 2.70. The van der Waals surface area contributed by atoms with Gasteiger partial charge >= 0.3 is 0 Å². The molecule has 0 amide bonds. The molecule has 0 aromatic carbocycles. The van der Waals surface area contributed by atoms with Gasteiger partial charge in [-0.3, -0.25) is 0 Å². The third kappa shape index (κ3) is 1.70. The average Bonchev–Trinajstić information content (AvgIpc) is 3.12. The van der Waals surface area contributed by atoms with Gasteiger partial charge in [0.15, 0.2) is 0 Å². The van der Waals surface area contributed by atoms with E-state index in [0.29, 0.717) is 5.41 Å². The smallest absolute Gasteiger partial charge is 0.0596 e. The Morgan fingerprint density at radius 3 is 2.57 bits per heavy atom. The second-order valence-corrected chi connectivity index (χ2v) is 10.9. The molecule has 5 aliphatic rings. The highest BCUT2D eigenvalue weighted by molar-refractivity contribution is 8.07. The molecule has 1 saturated heterocycles. The van der Waals surface area contributed by atoms with Gasteiger partial charge in [-0.2, -0.15) is 11.8 Å². The first kappa shape index (κ1) is 13.7. The molecule has 1 heterocycles. The van der Waals surface area contributed by atoms with Crippen molar-refractivity contribution < 1.29 is 5.11 Å². The van der Waals surface area contributed by atoms with Gasteiger partial charge in [0.2, 0.25) is 0 Å². The Hall–Kier alpha value is 0.310. The predicted molar refractivity (Wildman–Crippen MR) is 88.3 cm³/mol. The van der Waals surface area contributed by atoms with E-state index in [-0.39, 0.29) is 11.5 Å². The molecule has 0 aromatic rings. The summed E-state index contributed by atoms with van der Waals surface area (Å²) in [7, 11) is 0. The van der Waals surface area contributed by atoms with Crippen LogP contribution in [0.5, 0.6) is 0 Å². The van der Waals surface area contributed by atoms with E-state index in [0.717, 1.165) is 40.6 Å². The van der Waals surface area contributed by atoms with Gasteiger partial charge in [-0.15, -0.1) is 0 Å². The van der Waals surface area contributed by atoms with Crippen LogP contribution in [0, 0.1) is 34.5 Å². The molecule has 21 heavy (non-hydrogen) atoms. The lowest BCUT2D eigenvalue weighted by atomic mass is 9.45. The lowest BCUT2D eigenvalue weighted by Crippen LogP contribution is -2.54. The zero-order chi connectivity index (χ0) is 14.4. The summed E-state index contributed by atoms with van der Waals surface area (Å²) in [5.41, 5.74) is 0.901. The molecule has 2 unspecified atom stereocenters. The van der Waals surface area contributed by atoms with Crippen molar-refractivity contribution in [3.8, 4) is 0 Å².